The largest absolute Gasteiger partial charge is 0.0616 e. The van der Waals surface area contributed by atoms with E-state index in [-0.39, 0.29) is 0 Å². The Morgan fingerprint density at radius 2 is 1.42 bits per heavy atom. The van der Waals surface area contributed by atoms with Crippen molar-refractivity contribution in [2.24, 2.45) is 0 Å². The maximum Gasteiger partial charge on any atom is -0.00194 e. The second-order valence-electron chi connectivity index (χ2n) is 5.31. The number of aryl methyl sites for hydroxylation is 2. The highest BCUT2D eigenvalue weighted by Crippen LogP contribution is 2.22. The summed E-state index contributed by atoms with van der Waals surface area (Å²) in [7, 11) is 0. The Kier molecular flexibility index (Phi) is 3.08. The fourth-order valence-electron chi connectivity index (χ4n) is 2.84. The van der Waals surface area contributed by atoms with E-state index in [1.54, 1.807) is 0 Å². The van der Waals surface area contributed by atoms with Crippen LogP contribution in [0, 0.1) is 13.8 Å². The van der Waals surface area contributed by atoms with Crippen LogP contribution in [0.15, 0.2) is 60.7 Å². The van der Waals surface area contributed by atoms with E-state index in [1.165, 1.54) is 33.0 Å². The second kappa shape index (κ2) is 4.89. The standard InChI is InChI=1S/C19H18/c1-14-10-15(2)12-16(11-14)13-18-8-5-7-17-6-3-4-9-19(17)18/h3-12H,13H2,1-2H3. The van der Waals surface area contributed by atoms with E-state index in [0.717, 1.165) is 6.42 Å². The second-order valence-corrected chi connectivity index (χ2v) is 5.31. The maximum absolute atomic E-state index is 2.29. The molecule has 0 heterocycles. The molecule has 0 unspecified atom stereocenters. The zero-order chi connectivity index (χ0) is 13.2. The average molecular weight is 246 g/mol. The predicted octanol–water partition coefficient (Wildman–Crippen LogP) is 5.05. The van der Waals surface area contributed by atoms with Gasteiger partial charge in [0.2, 0.25) is 0 Å². The lowest BCUT2D eigenvalue weighted by Gasteiger charge is -2.08. The molecule has 0 aromatic heterocycles. The first-order valence-corrected chi connectivity index (χ1v) is 6.76. The smallest absolute Gasteiger partial charge is 0.00194 e. The molecule has 19 heavy (non-hydrogen) atoms. The molecule has 0 radical (unpaired) electrons. The lowest BCUT2D eigenvalue weighted by molar-refractivity contribution is 1.18. The van der Waals surface area contributed by atoms with Gasteiger partial charge in [0.05, 0.1) is 0 Å². The normalized spacial score (nSPS) is 10.8. The summed E-state index contributed by atoms with van der Waals surface area (Å²) < 4.78 is 0. The highest BCUT2D eigenvalue weighted by Gasteiger charge is 2.02. The molecule has 0 atom stereocenters. The van der Waals surface area contributed by atoms with Crippen molar-refractivity contribution >= 4 is 10.8 Å². The van der Waals surface area contributed by atoms with Gasteiger partial charge < -0.3 is 0 Å². The van der Waals surface area contributed by atoms with Crippen molar-refractivity contribution in [2.75, 3.05) is 0 Å². The molecule has 0 nitrogen and oxygen atoms in total. The highest BCUT2D eigenvalue weighted by atomic mass is 14.1. The van der Waals surface area contributed by atoms with Crippen LogP contribution in [0.5, 0.6) is 0 Å². The quantitative estimate of drug-likeness (QED) is 0.593. The first kappa shape index (κ1) is 12.0. The molecule has 0 spiro atoms. The molecular weight excluding hydrogens is 228 g/mol. The van der Waals surface area contributed by atoms with Crippen molar-refractivity contribution < 1.29 is 0 Å². The van der Waals surface area contributed by atoms with Gasteiger partial charge in [0.1, 0.15) is 0 Å². The lowest BCUT2D eigenvalue weighted by atomic mass is 9.96. The van der Waals surface area contributed by atoms with Crippen LogP contribution >= 0.6 is 0 Å². The number of hydrogen-bond donors (Lipinski definition) is 0. The topological polar surface area (TPSA) is 0 Å². The van der Waals surface area contributed by atoms with Crippen LogP contribution in [0.2, 0.25) is 0 Å². The Labute approximate surface area is 114 Å². The minimum Gasteiger partial charge on any atom is -0.0616 e. The Balaban J connectivity index is 2.05. The lowest BCUT2D eigenvalue weighted by Crippen LogP contribution is -1.91. The molecule has 0 N–H and O–H groups in total. The molecular formula is C19H18. The summed E-state index contributed by atoms with van der Waals surface area (Å²) in [5.74, 6) is 0. The third kappa shape index (κ3) is 2.53. The van der Waals surface area contributed by atoms with E-state index in [1.807, 2.05) is 0 Å². The molecule has 3 aromatic rings. The summed E-state index contributed by atoms with van der Waals surface area (Å²) in [6.07, 6.45) is 1.00. The van der Waals surface area contributed by atoms with Crippen LogP contribution in [0.4, 0.5) is 0 Å². The summed E-state index contributed by atoms with van der Waals surface area (Å²) in [5.41, 5.74) is 5.49. The van der Waals surface area contributed by atoms with Crippen molar-refractivity contribution in [2.45, 2.75) is 20.3 Å². The Morgan fingerprint density at radius 3 is 2.21 bits per heavy atom. The van der Waals surface area contributed by atoms with Crippen molar-refractivity contribution in [3.8, 4) is 0 Å². The fourth-order valence-corrected chi connectivity index (χ4v) is 2.84. The molecule has 0 saturated carbocycles. The van der Waals surface area contributed by atoms with Crippen LogP contribution in [-0.2, 0) is 6.42 Å². The van der Waals surface area contributed by atoms with E-state index in [4.69, 9.17) is 0 Å². The summed E-state index contributed by atoms with van der Waals surface area (Å²) in [6.45, 7) is 4.33. The summed E-state index contributed by atoms with van der Waals surface area (Å²) in [6, 6.07) is 22.0. The van der Waals surface area contributed by atoms with Crippen LogP contribution in [0.25, 0.3) is 10.8 Å². The Hall–Kier alpha value is -2.08. The first-order chi connectivity index (χ1) is 9.22. The van der Waals surface area contributed by atoms with E-state index >= 15 is 0 Å². The Bertz CT molecular complexity index is 697. The van der Waals surface area contributed by atoms with Crippen LogP contribution in [-0.4, -0.2) is 0 Å². The molecule has 0 fully saturated rings. The van der Waals surface area contributed by atoms with Gasteiger partial charge in [-0.1, -0.05) is 71.8 Å². The van der Waals surface area contributed by atoms with E-state index in [9.17, 15) is 0 Å². The van der Waals surface area contributed by atoms with Crippen LogP contribution < -0.4 is 0 Å². The molecule has 94 valence electrons. The molecule has 0 heteroatoms. The molecule has 0 saturated heterocycles. The van der Waals surface area contributed by atoms with Crippen molar-refractivity contribution in [3.05, 3.63) is 82.9 Å². The van der Waals surface area contributed by atoms with Crippen LogP contribution in [0.1, 0.15) is 22.3 Å². The minimum absolute atomic E-state index is 1.00. The van der Waals surface area contributed by atoms with Crippen molar-refractivity contribution in [1.29, 1.82) is 0 Å². The van der Waals surface area contributed by atoms with Gasteiger partial charge in [-0.15, -0.1) is 0 Å². The number of benzene rings is 3. The van der Waals surface area contributed by atoms with E-state index in [2.05, 4.69) is 74.5 Å². The zero-order valence-corrected chi connectivity index (χ0v) is 11.5. The summed E-state index contributed by atoms with van der Waals surface area (Å²) in [5, 5.41) is 2.69. The fraction of sp³-hybridized carbons (Fsp3) is 0.158. The van der Waals surface area contributed by atoms with Gasteiger partial charge in [0.25, 0.3) is 0 Å². The molecule has 3 aromatic carbocycles. The summed E-state index contributed by atoms with van der Waals surface area (Å²) >= 11 is 0. The van der Waals surface area contributed by atoms with Gasteiger partial charge in [-0.05, 0) is 42.2 Å². The van der Waals surface area contributed by atoms with Gasteiger partial charge in [0, 0.05) is 0 Å². The van der Waals surface area contributed by atoms with E-state index < -0.39 is 0 Å². The molecule has 0 bridgehead atoms. The van der Waals surface area contributed by atoms with E-state index in [0.29, 0.717) is 0 Å². The third-order valence-electron chi connectivity index (χ3n) is 3.56. The molecule has 3 rings (SSSR count). The highest BCUT2D eigenvalue weighted by molar-refractivity contribution is 5.85. The van der Waals surface area contributed by atoms with Gasteiger partial charge in [0.15, 0.2) is 0 Å². The average Bonchev–Trinajstić information content (AvgIpc) is 2.38. The van der Waals surface area contributed by atoms with Crippen molar-refractivity contribution in [3.63, 3.8) is 0 Å². The maximum atomic E-state index is 2.29. The minimum atomic E-state index is 1.00. The van der Waals surface area contributed by atoms with Crippen molar-refractivity contribution in [1.82, 2.24) is 0 Å². The zero-order valence-electron chi connectivity index (χ0n) is 11.5. The number of hydrogen-bond acceptors (Lipinski definition) is 0. The Morgan fingerprint density at radius 1 is 0.737 bits per heavy atom. The predicted molar refractivity (Wildman–Crippen MR) is 82.7 cm³/mol. The third-order valence-corrected chi connectivity index (χ3v) is 3.56. The molecule has 0 aliphatic carbocycles. The van der Waals surface area contributed by atoms with Gasteiger partial charge in [-0.2, -0.15) is 0 Å². The molecule has 0 aliphatic rings. The first-order valence-electron chi connectivity index (χ1n) is 6.76. The van der Waals surface area contributed by atoms with Gasteiger partial charge in [-0.25, -0.2) is 0 Å². The van der Waals surface area contributed by atoms with Gasteiger partial charge >= 0.3 is 0 Å². The molecule has 0 amide bonds. The number of rotatable bonds is 2. The summed E-state index contributed by atoms with van der Waals surface area (Å²) in [4.78, 5) is 0. The molecule has 0 aliphatic heterocycles. The van der Waals surface area contributed by atoms with Crippen LogP contribution in [0.3, 0.4) is 0 Å². The number of fused-ring (bicyclic) bond motifs is 1. The SMILES string of the molecule is Cc1cc(C)cc(Cc2cccc3ccccc23)c1. The van der Waals surface area contributed by atoms with Gasteiger partial charge in [-0.3, -0.25) is 0 Å². The monoisotopic (exact) mass is 246 g/mol.